The second-order valence-corrected chi connectivity index (χ2v) is 4.79. The first-order valence-corrected chi connectivity index (χ1v) is 6.08. The fraction of sp³-hybridized carbons (Fsp3) is 0.385. The quantitative estimate of drug-likeness (QED) is 0.701. The minimum Gasteiger partial charge on any atom is -0.508 e. The third-order valence-corrected chi connectivity index (χ3v) is 3.33. The van der Waals surface area contributed by atoms with E-state index in [1.807, 2.05) is 0 Å². The highest BCUT2D eigenvalue weighted by atomic mass is 16.3. The topological polar surface area (TPSA) is 81.7 Å². The van der Waals surface area contributed by atoms with Crippen LogP contribution in [0, 0.1) is 0 Å². The van der Waals surface area contributed by atoms with E-state index >= 15 is 0 Å². The Balaban J connectivity index is 2.04. The van der Waals surface area contributed by atoms with E-state index in [0.717, 1.165) is 10.6 Å². The summed E-state index contributed by atoms with van der Waals surface area (Å²) in [6.45, 7) is 1.71. The zero-order chi connectivity index (χ0) is 14.0. The van der Waals surface area contributed by atoms with Gasteiger partial charge in [-0.05, 0) is 37.5 Å². The number of aromatic hydroxyl groups is 1. The van der Waals surface area contributed by atoms with Crippen LogP contribution < -0.4 is 10.7 Å². The summed E-state index contributed by atoms with van der Waals surface area (Å²) in [5, 5.41) is 12.9. The molecule has 1 unspecified atom stereocenters. The molecule has 1 aliphatic heterocycles. The maximum absolute atomic E-state index is 12.1. The van der Waals surface area contributed by atoms with Gasteiger partial charge in [-0.1, -0.05) is 12.1 Å². The molecule has 19 heavy (non-hydrogen) atoms. The van der Waals surface area contributed by atoms with E-state index in [2.05, 4.69) is 10.7 Å². The summed E-state index contributed by atoms with van der Waals surface area (Å²) in [5.41, 5.74) is 2.68. The Morgan fingerprint density at radius 3 is 2.47 bits per heavy atom. The maximum atomic E-state index is 12.1. The monoisotopic (exact) mass is 263 g/mol. The first kappa shape index (κ1) is 13.4. The molecule has 0 saturated carbocycles. The van der Waals surface area contributed by atoms with Crippen LogP contribution in [0.2, 0.25) is 0 Å². The van der Waals surface area contributed by atoms with Crippen molar-refractivity contribution in [3.05, 3.63) is 29.8 Å². The zero-order valence-corrected chi connectivity index (χ0v) is 10.9. The van der Waals surface area contributed by atoms with Crippen molar-refractivity contribution in [2.24, 2.45) is 0 Å². The number of benzene rings is 1. The molecule has 1 aliphatic rings. The molecule has 0 bridgehead atoms. The molecule has 2 rings (SSSR count). The van der Waals surface area contributed by atoms with Crippen LogP contribution in [0.3, 0.4) is 0 Å². The average molecular weight is 263 g/mol. The number of imide groups is 1. The van der Waals surface area contributed by atoms with Crippen LogP contribution in [-0.2, 0) is 11.2 Å². The summed E-state index contributed by atoms with van der Waals surface area (Å²) in [7, 11) is 1.53. The number of hydrazine groups is 1. The molecule has 3 amide bonds. The van der Waals surface area contributed by atoms with Gasteiger partial charge in [0.05, 0.1) is 0 Å². The number of carbonyl (C=O) groups is 2. The van der Waals surface area contributed by atoms with Crippen molar-refractivity contribution in [1.29, 1.82) is 0 Å². The van der Waals surface area contributed by atoms with Crippen LogP contribution >= 0.6 is 0 Å². The number of phenols is 1. The molecule has 1 saturated heterocycles. The third kappa shape index (κ3) is 2.53. The van der Waals surface area contributed by atoms with Gasteiger partial charge in [0.1, 0.15) is 11.3 Å². The Hall–Kier alpha value is -2.08. The highest BCUT2D eigenvalue weighted by Crippen LogP contribution is 2.22. The lowest BCUT2D eigenvalue weighted by Gasteiger charge is -2.21. The van der Waals surface area contributed by atoms with Crippen LogP contribution in [0.25, 0.3) is 0 Å². The van der Waals surface area contributed by atoms with Gasteiger partial charge in [0, 0.05) is 7.05 Å². The number of nitrogens with one attached hydrogen (secondary N) is 2. The molecule has 0 aromatic heterocycles. The van der Waals surface area contributed by atoms with Crippen molar-refractivity contribution in [3.63, 3.8) is 0 Å². The van der Waals surface area contributed by atoms with Gasteiger partial charge in [-0.2, -0.15) is 5.01 Å². The predicted molar refractivity (Wildman–Crippen MR) is 69.3 cm³/mol. The number of phenolic OH excluding ortho intramolecular Hbond substituents is 1. The molecule has 1 heterocycles. The molecule has 0 radical (unpaired) electrons. The third-order valence-electron chi connectivity index (χ3n) is 3.33. The van der Waals surface area contributed by atoms with E-state index in [-0.39, 0.29) is 11.7 Å². The van der Waals surface area contributed by atoms with Crippen molar-refractivity contribution < 1.29 is 14.7 Å². The largest absolute Gasteiger partial charge is 0.508 e. The molecule has 0 spiro atoms. The van der Waals surface area contributed by atoms with Gasteiger partial charge in [0.2, 0.25) is 0 Å². The normalized spacial score (nSPS) is 22.7. The Kier molecular flexibility index (Phi) is 3.44. The molecule has 102 valence electrons. The van der Waals surface area contributed by atoms with Crippen LogP contribution in [0.1, 0.15) is 18.9 Å². The molecule has 6 heteroatoms. The minimum atomic E-state index is -0.891. The molecule has 1 fully saturated rings. The number of hydrogen-bond acceptors (Lipinski definition) is 4. The number of rotatable bonds is 4. The Morgan fingerprint density at radius 2 is 1.95 bits per heavy atom. The van der Waals surface area contributed by atoms with E-state index < -0.39 is 11.6 Å². The van der Waals surface area contributed by atoms with Crippen LogP contribution in [0.4, 0.5) is 4.79 Å². The van der Waals surface area contributed by atoms with Crippen LogP contribution in [0.15, 0.2) is 24.3 Å². The SMILES string of the molecule is CNN1C(=O)NC(C)(CCc2ccc(O)cc2)C1=O. The minimum absolute atomic E-state index is 0.210. The molecule has 3 N–H and O–H groups in total. The number of urea groups is 1. The summed E-state index contributed by atoms with van der Waals surface area (Å²) < 4.78 is 0. The van der Waals surface area contributed by atoms with Crippen LogP contribution in [-0.4, -0.2) is 34.6 Å². The summed E-state index contributed by atoms with van der Waals surface area (Å²) in [6.07, 6.45) is 1.14. The summed E-state index contributed by atoms with van der Waals surface area (Å²) in [5.74, 6) is -0.0691. The lowest BCUT2D eigenvalue weighted by Crippen LogP contribution is -2.46. The maximum Gasteiger partial charge on any atom is 0.339 e. The van der Waals surface area contributed by atoms with Gasteiger partial charge in [-0.15, -0.1) is 0 Å². The molecule has 6 nitrogen and oxygen atoms in total. The fourth-order valence-corrected chi connectivity index (χ4v) is 2.11. The second kappa shape index (κ2) is 4.89. The standard InChI is InChI=1S/C13H17N3O3/c1-13(11(18)16(14-2)12(19)15-13)8-7-9-3-5-10(17)6-4-9/h3-6,14,17H,7-8H2,1-2H3,(H,15,19). The average Bonchev–Trinajstić information content (AvgIpc) is 2.59. The highest BCUT2D eigenvalue weighted by molar-refractivity contribution is 6.06. The number of carbonyl (C=O) groups excluding carboxylic acids is 2. The summed E-state index contributed by atoms with van der Waals surface area (Å²) in [6, 6.07) is 6.38. The van der Waals surface area contributed by atoms with Crippen LogP contribution in [0.5, 0.6) is 5.75 Å². The summed E-state index contributed by atoms with van der Waals surface area (Å²) in [4.78, 5) is 23.7. The van der Waals surface area contributed by atoms with Gasteiger partial charge < -0.3 is 10.4 Å². The van der Waals surface area contributed by atoms with E-state index in [1.54, 1.807) is 31.2 Å². The molecule has 1 aromatic rings. The Bertz CT molecular complexity index is 500. The molecule has 1 aromatic carbocycles. The Morgan fingerprint density at radius 1 is 1.32 bits per heavy atom. The number of hydrogen-bond donors (Lipinski definition) is 3. The number of nitrogens with zero attached hydrogens (tertiary/aromatic N) is 1. The molecule has 1 atom stereocenters. The molecular formula is C13H17N3O3. The first-order valence-electron chi connectivity index (χ1n) is 6.08. The Labute approximate surface area is 111 Å². The second-order valence-electron chi connectivity index (χ2n) is 4.79. The van der Waals surface area contributed by atoms with Crippen molar-refractivity contribution in [1.82, 2.24) is 15.8 Å². The van der Waals surface area contributed by atoms with Gasteiger partial charge >= 0.3 is 6.03 Å². The van der Waals surface area contributed by atoms with Crippen molar-refractivity contribution in [2.75, 3.05) is 7.05 Å². The highest BCUT2D eigenvalue weighted by Gasteiger charge is 2.47. The zero-order valence-electron chi connectivity index (χ0n) is 10.9. The number of aryl methyl sites for hydroxylation is 1. The fourth-order valence-electron chi connectivity index (χ4n) is 2.11. The van der Waals surface area contributed by atoms with Gasteiger partial charge in [-0.25, -0.2) is 10.2 Å². The van der Waals surface area contributed by atoms with Crippen molar-refractivity contribution in [3.8, 4) is 5.75 Å². The van der Waals surface area contributed by atoms with E-state index in [9.17, 15) is 14.7 Å². The van der Waals surface area contributed by atoms with E-state index in [1.165, 1.54) is 7.05 Å². The summed E-state index contributed by atoms with van der Waals surface area (Å²) >= 11 is 0. The van der Waals surface area contributed by atoms with Crippen molar-refractivity contribution >= 4 is 11.9 Å². The lowest BCUT2D eigenvalue weighted by molar-refractivity contribution is -0.132. The van der Waals surface area contributed by atoms with Gasteiger partial charge in [-0.3, -0.25) is 4.79 Å². The first-order chi connectivity index (χ1) is 8.96. The molecular weight excluding hydrogens is 246 g/mol. The van der Waals surface area contributed by atoms with Gasteiger partial charge in [0.25, 0.3) is 5.91 Å². The number of amides is 3. The van der Waals surface area contributed by atoms with Gasteiger partial charge in [0.15, 0.2) is 0 Å². The van der Waals surface area contributed by atoms with E-state index in [4.69, 9.17) is 0 Å². The predicted octanol–water partition coefficient (Wildman–Crippen LogP) is 0.770. The lowest BCUT2D eigenvalue weighted by atomic mass is 9.93. The van der Waals surface area contributed by atoms with E-state index in [0.29, 0.717) is 12.8 Å². The van der Waals surface area contributed by atoms with Crippen molar-refractivity contribution in [2.45, 2.75) is 25.3 Å². The smallest absolute Gasteiger partial charge is 0.339 e. The molecule has 0 aliphatic carbocycles.